The van der Waals surface area contributed by atoms with Gasteiger partial charge in [-0.25, -0.2) is 4.79 Å². The highest BCUT2D eigenvalue weighted by atomic mass is 16.5. The summed E-state index contributed by atoms with van der Waals surface area (Å²) >= 11 is 0. The van der Waals surface area contributed by atoms with Gasteiger partial charge in [0.15, 0.2) is 0 Å². The van der Waals surface area contributed by atoms with E-state index in [1.807, 2.05) is 42.5 Å². The summed E-state index contributed by atoms with van der Waals surface area (Å²) < 4.78 is 4.44. The summed E-state index contributed by atoms with van der Waals surface area (Å²) in [4.78, 5) is 48.7. The molecule has 3 aromatic carbocycles. The predicted octanol–water partition coefficient (Wildman–Crippen LogP) is 2.55. The lowest BCUT2D eigenvalue weighted by molar-refractivity contribution is -0.138. The van der Waals surface area contributed by atoms with Crippen molar-refractivity contribution >= 4 is 40.3 Å². The van der Waals surface area contributed by atoms with Crippen molar-refractivity contribution in [1.82, 2.24) is 16.0 Å². The lowest BCUT2D eigenvalue weighted by Gasteiger charge is -2.21. The highest BCUT2D eigenvalue weighted by Gasteiger charge is 2.46. The first-order valence-electron chi connectivity index (χ1n) is 11.7. The van der Waals surface area contributed by atoms with Crippen molar-refractivity contribution in [3.05, 3.63) is 95.6 Å². The Balaban J connectivity index is 1.45. The predicted molar refractivity (Wildman–Crippen MR) is 138 cm³/mol. The Hall–Kier alpha value is -4.79. The Bertz CT molecular complexity index is 1420. The van der Waals surface area contributed by atoms with Gasteiger partial charge in [-0.2, -0.15) is 0 Å². The van der Waals surface area contributed by atoms with Crippen LogP contribution in [-0.2, 0) is 24.7 Å². The second kappa shape index (κ2) is 10.9. The minimum atomic E-state index is -1.07. The van der Waals surface area contributed by atoms with Crippen molar-refractivity contribution < 1.29 is 23.9 Å². The molecule has 1 aliphatic carbocycles. The van der Waals surface area contributed by atoms with Crippen LogP contribution >= 0.6 is 0 Å². The molecule has 0 saturated heterocycles. The number of benzene rings is 3. The van der Waals surface area contributed by atoms with Gasteiger partial charge in [-0.1, -0.05) is 66.7 Å². The third kappa shape index (κ3) is 5.72. The Morgan fingerprint density at radius 1 is 0.919 bits per heavy atom. The SMILES string of the molecule is COC(=O)/C=C/CNC(=O)C(=O)NC(=N)c1ccccc1C(=O)NC1(c2cccc3ccccc23)CC1. The lowest BCUT2D eigenvalue weighted by atomic mass is 9.96. The van der Waals surface area contributed by atoms with Gasteiger partial charge in [0.2, 0.25) is 0 Å². The molecular formula is C28H26N4O5. The molecule has 4 rings (SSSR count). The van der Waals surface area contributed by atoms with Crippen LogP contribution in [0.1, 0.15) is 34.3 Å². The van der Waals surface area contributed by atoms with Crippen LogP contribution < -0.4 is 16.0 Å². The average Bonchev–Trinajstić information content (AvgIpc) is 3.70. The van der Waals surface area contributed by atoms with E-state index in [1.165, 1.54) is 19.3 Å². The quantitative estimate of drug-likeness (QED) is 0.130. The largest absolute Gasteiger partial charge is 0.466 e. The van der Waals surface area contributed by atoms with Gasteiger partial charge < -0.3 is 20.7 Å². The number of carbonyl (C=O) groups is 4. The number of carbonyl (C=O) groups excluding carboxylic acids is 4. The fourth-order valence-corrected chi connectivity index (χ4v) is 4.11. The molecule has 9 nitrogen and oxygen atoms in total. The van der Waals surface area contributed by atoms with Crippen LogP contribution in [0, 0.1) is 5.41 Å². The van der Waals surface area contributed by atoms with E-state index in [0.717, 1.165) is 35.3 Å². The van der Waals surface area contributed by atoms with Crippen LogP contribution in [-0.4, -0.2) is 43.2 Å². The van der Waals surface area contributed by atoms with Gasteiger partial charge in [0.1, 0.15) is 5.84 Å². The van der Waals surface area contributed by atoms with E-state index in [0.29, 0.717) is 0 Å². The summed E-state index contributed by atoms with van der Waals surface area (Å²) in [6.07, 6.45) is 4.01. The second-order valence-electron chi connectivity index (χ2n) is 8.57. The van der Waals surface area contributed by atoms with E-state index in [1.54, 1.807) is 18.2 Å². The van der Waals surface area contributed by atoms with Crippen molar-refractivity contribution in [2.45, 2.75) is 18.4 Å². The van der Waals surface area contributed by atoms with Crippen molar-refractivity contribution in [3.63, 3.8) is 0 Å². The van der Waals surface area contributed by atoms with Gasteiger partial charge in [0.05, 0.1) is 18.2 Å². The summed E-state index contributed by atoms with van der Waals surface area (Å²) in [6, 6.07) is 20.4. The Morgan fingerprint density at radius 2 is 1.59 bits per heavy atom. The normalized spacial score (nSPS) is 13.5. The lowest BCUT2D eigenvalue weighted by Crippen LogP contribution is -2.43. The van der Waals surface area contributed by atoms with Crippen LogP contribution in [0.15, 0.2) is 78.9 Å². The minimum absolute atomic E-state index is 0.0794. The molecule has 188 valence electrons. The van der Waals surface area contributed by atoms with E-state index in [2.05, 4.69) is 20.7 Å². The number of esters is 1. The standard InChI is InChI=1S/C28H26N4O5/c1-37-23(33)14-7-17-30-26(35)27(36)31-24(29)20-11-4-5-12-21(20)25(34)32-28(15-16-28)22-13-6-9-18-8-2-3-10-19(18)22/h2-14H,15-17H2,1H3,(H,30,35)(H,32,34)(H2,29,31,36)/b14-7+. The Labute approximate surface area is 213 Å². The van der Waals surface area contributed by atoms with E-state index >= 15 is 0 Å². The van der Waals surface area contributed by atoms with E-state index < -0.39 is 23.3 Å². The molecule has 3 amide bonds. The number of amides is 3. The molecule has 1 fully saturated rings. The fraction of sp³-hybridized carbons (Fsp3) is 0.179. The number of hydrogen-bond donors (Lipinski definition) is 4. The first-order chi connectivity index (χ1) is 17.8. The van der Waals surface area contributed by atoms with Gasteiger partial charge in [-0.3, -0.25) is 19.8 Å². The number of nitrogens with one attached hydrogen (secondary N) is 4. The molecule has 0 bridgehead atoms. The topological polar surface area (TPSA) is 137 Å². The fourth-order valence-electron chi connectivity index (χ4n) is 4.11. The highest BCUT2D eigenvalue weighted by Crippen LogP contribution is 2.48. The van der Waals surface area contributed by atoms with Crippen molar-refractivity contribution in [1.29, 1.82) is 5.41 Å². The average molecular weight is 499 g/mol. The van der Waals surface area contributed by atoms with Crippen LogP contribution in [0.2, 0.25) is 0 Å². The molecular weight excluding hydrogens is 472 g/mol. The molecule has 4 N–H and O–H groups in total. The molecule has 0 heterocycles. The summed E-state index contributed by atoms with van der Waals surface area (Å²) in [7, 11) is 1.22. The minimum Gasteiger partial charge on any atom is -0.466 e. The maximum absolute atomic E-state index is 13.4. The molecule has 0 aromatic heterocycles. The second-order valence-corrected chi connectivity index (χ2v) is 8.57. The van der Waals surface area contributed by atoms with Crippen molar-refractivity contribution in [2.24, 2.45) is 0 Å². The van der Waals surface area contributed by atoms with Gasteiger partial charge in [-0.05, 0) is 35.2 Å². The van der Waals surface area contributed by atoms with Gasteiger partial charge in [0.25, 0.3) is 5.91 Å². The summed E-state index contributed by atoms with van der Waals surface area (Å²) in [5.74, 6) is -3.41. The third-order valence-corrected chi connectivity index (χ3v) is 6.13. The molecule has 1 saturated carbocycles. The molecule has 0 spiro atoms. The third-order valence-electron chi connectivity index (χ3n) is 6.13. The smallest absolute Gasteiger partial charge is 0.330 e. The zero-order chi connectivity index (χ0) is 26.4. The zero-order valence-electron chi connectivity index (χ0n) is 20.2. The van der Waals surface area contributed by atoms with Crippen molar-refractivity contribution in [3.8, 4) is 0 Å². The number of hydrogen-bond acceptors (Lipinski definition) is 6. The summed E-state index contributed by atoms with van der Waals surface area (Å²) in [6.45, 7) is -0.0794. The first-order valence-corrected chi connectivity index (χ1v) is 11.7. The molecule has 9 heteroatoms. The summed E-state index contributed by atoms with van der Waals surface area (Å²) in [5.41, 5.74) is 0.924. The number of methoxy groups -OCH3 is 1. The maximum Gasteiger partial charge on any atom is 0.330 e. The highest BCUT2D eigenvalue weighted by molar-refractivity contribution is 6.39. The van der Waals surface area contributed by atoms with Crippen LogP contribution in [0.25, 0.3) is 10.8 Å². The zero-order valence-corrected chi connectivity index (χ0v) is 20.2. The molecule has 0 unspecified atom stereocenters. The Kier molecular flexibility index (Phi) is 7.43. The van der Waals surface area contributed by atoms with E-state index in [9.17, 15) is 19.2 Å². The van der Waals surface area contributed by atoms with Crippen LogP contribution in [0.3, 0.4) is 0 Å². The molecule has 0 atom stereocenters. The number of amidine groups is 1. The monoisotopic (exact) mass is 498 g/mol. The van der Waals surface area contributed by atoms with Gasteiger partial charge in [-0.15, -0.1) is 0 Å². The number of fused-ring (bicyclic) bond motifs is 1. The molecule has 1 aliphatic rings. The molecule has 37 heavy (non-hydrogen) atoms. The van der Waals surface area contributed by atoms with Crippen molar-refractivity contribution in [2.75, 3.05) is 13.7 Å². The van der Waals surface area contributed by atoms with Gasteiger partial charge in [0, 0.05) is 18.2 Å². The molecule has 0 aliphatic heterocycles. The van der Waals surface area contributed by atoms with Crippen LogP contribution in [0.5, 0.6) is 0 Å². The number of rotatable bonds is 7. The molecule has 3 aromatic rings. The number of ether oxygens (including phenoxy) is 1. The Morgan fingerprint density at radius 3 is 2.32 bits per heavy atom. The maximum atomic E-state index is 13.4. The van der Waals surface area contributed by atoms with Gasteiger partial charge >= 0.3 is 17.8 Å². The first kappa shape index (κ1) is 25.3. The van der Waals surface area contributed by atoms with E-state index in [4.69, 9.17) is 5.41 Å². The van der Waals surface area contributed by atoms with E-state index in [-0.39, 0.29) is 29.4 Å². The molecule has 0 radical (unpaired) electrons. The summed E-state index contributed by atoms with van der Waals surface area (Å²) in [5, 5.41) is 18.2. The van der Waals surface area contributed by atoms with Crippen LogP contribution in [0.4, 0.5) is 0 Å².